The van der Waals surface area contributed by atoms with Crippen LogP contribution in [0.25, 0.3) is 10.9 Å². The van der Waals surface area contributed by atoms with Crippen molar-refractivity contribution >= 4 is 62.0 Å². The standard InChI is InChI=1S/C29H36N8O8S2/c1-4-45-25(39)14-31-23(38)13-19-15-36(9-10-37(19)28(40)27-33-21-7-8-35(2)16-22(21)46-27)47(42,43)24-12-18-11-17(5-6-20(18)32-24)26(30)34-29(41)44-3/h5-6,11-12,19,32H,4,7-10,13-16H2,1-3H3,(H,31,38)(H2,30,34,41). The number of nitrogens with one attached hydrogen (secondary N) is 4. The first-order valence-electron chi connectivity index (χ1n) is 14.9. The van der Waals surface area contributed by atoms with E-state index < -0.39 is 34.0 Å². The summed E-state index contributed by atoms with van der Waals surface area (Å²) in [6.07, 6.45) is -0.344. The van der Waals surface area contributed by atoms with Crippen LogP contribution in [0.5, 0.6) is 0 Å². The third kappa shape index (κ3) is 7.61. The Kier molecular flexibility index (Phi) is 10.2. The van der Waals surface area contributed by atoms with Crippen LogP contribution in [0.1, 0.15) is 39.3 Å². The molecule has 1 unspecified atom stereocenters. The van der Waals surface area contributed by atoms with Crippen LogP contribution in [-0.4, -0.2) is 122 Å². The number of hydrogen-bond acceptors (Lipinski definition) is 12. The van der Waals surface area contributed by atoms with Gasteiger partial charge in [0, 0.05) is 66.9 Å². The first kappa shape index (κ1) is 34.0. The van der Waals surface area contributed by atoms with Gasteiger partial charge in [-0.15, -0.1) is 11.3 Å². The molecule has 1 aromatic carbocycles. The Hall–Kier alpha value is -4.39. The van der Waals surface area contributed by atoms with E-state index in [1.54, 1.807) is 25.1 Å². The van der Waals surface area contributed by atoms with E-state index in [-0.39, 0.29) is 61.0 Å². The van der Waals surface area contributed by atoms with Gasteiger partial charge >= 0.3 is 12.1 Å². The lowest BCUT2D eigenvalue weighted by molar-refractivity contribution is -0.143. The zero-order chi connectivity index (χ0) is 33.9. The molecule has 16 nitrogen and oxygen atoms in total. The quantitative estimate of drug-likeness (QED) is 0.142. The Balaban J connectivity index is 1.37. The highest BCUT2D eigenvalue weighted by Gasteiger charge is 2.39. The number of likely N-dealkylation sites (N-methyl/N-ethyl adjacent to an activating group) is 1. The molecule has 5 rings (SSSR count). The number of sulfonamides is 1. The first-order valence-corrected chi connectivity index (χ1v) is 17.1. The number of fused-ring (bicyclic) bond motifs is 2. The first-order chi connectivity index (χ1) is 22.4. The molecule has 2 aliphatic rings. The number of alkyl carbamates (subject to hydrolysis) is 1. The number of piperazine rings is 1. The summed E-state index contributed by atoms with van der Waals surface area (Å²) in [5.74, 6) is -1.75. The van der Waals surface area contributed by atoms with E-state index in [2.05, 4.69) is 30.2 Å². The second kappa shape index (κ2) is 14.2. The molecule has 1 saturated heterocycles. The van der Waals surface area contributed by atoms with Gasteiger partial charge in [-0.1, -0.05) is 0 Å². The van der Waals surface area contributed by atoms with Crippen molar-refractivity contribution in [1.29, 1.82) is 5.41 Å². The number of benzene rings is 1. The van der Waals surface area contributed by atoms with Gasteiger partial charge in [-0.3, -0.25) is 25.1 Å². The normalized spacial score (nSPS) is 17.2. The zero-order valence-corrected chi connectivity index (χ0v) is 27.8. The van der Waals surface area contributed by atoms with Gasteiger partial charge < -0.3 is 29.6 Å². The Morgan fingerprint density at radius 1 is 1.17 bits per heavy atom. The van der Waals surface area contributed by atoms with Crippen LogP contribution in [0, 0.1) is 5.41 Å². The summed E-state index contributed by atoms with van der Waals surface area (Å²) < 4.78 is 38.4. The number of methoxy groups -OCH3 is 1. The van der Waals surface area contributed by atoms with Gasteiger partial charge in [0.05, 0.1) is 25.5 Å². The number of amidine groups is 1. The third-order valence-electron chi connectivity index (χ3n) is 7.88. The zero-order valence-electron chi connectivity index (χ0n) is 26.1. The largest absolute Gasteiger partial charge is 0.465 e. The van der Waals surface area contributed by atoms with E-state index in [0.717, 1.165) is 23.5 Å². The summed E-state index contributed by atoms with van der Waals surface area (Å²) in [6, 6.07) is 5.28. The summed E-state index contributed by atoms with van der Waals surface area (Å²) in [6.45, 7) is 2.76. The number of hydrogen-bond donors (Lipinski definition) is 4. The number of carbonyl (C=O) groups excluding carboxylic acids is 4. The van der Waals surface area contributed by atoms with Gasteiger partial charge in [-0.2, -0.15) is 4.31 Å². The molecule has 1 fully saturated rings. The number of amides is 3. The molecule has 0 radical (unpaired) electrons. The van der Waals surface area contributed by atoms with Crippen molar-refractivity contribution in [3.8, 4) is 0 Å². The molecule has 47 heavy (non-hydrogen) atoms. The molecule has 4 heterocycles. The number of rotatable bonds is 9. The lowest BCUT2D eigenvalue weighted by Gasteiger charge is -2.40. The number of aromatic nitrogens is 2. The molecule has 2 aromatic heterocycles. The molecule has 0 bridgehead atoms. The molecule has 0 aliphatic carbocycles. The fourth-order valence-corrected chi connectivity index (χ4v) is 8.09. The fourth-order valence-electron chi connectivity index (χ4n) is 5.46. The van der Waals surface area contributed by atoms with Crippen LogP contribution in [0.3, 0.4) is 0 Å². The highest BCUT2D eigenvalue weighted by atomic mass is 32.2. The van der Waals surface area contributed by atoms with E-state index in [1.165, 1.54) is 33.7 Å². The summed E-state index contributed by atoms with van der Waals surface area (Å²) in [4.78, 5) is 62.2. The lowest BCUT2D eigenvalue weighted by atomic mass is 10.1. The molecule has 3 aromatic rings. The average molecular weight is 689 g/mol. The van der Waals surface area contributed by atoms with E-state index >= 15 is 0 Å². The maximum Gasteiger partial charge on any atom is 0.412 e. The molecule has 0 saturated carbocycles. The summed E-state index contributed by atoms with van der Waals surface area (Å²) in [7, 11) is -0.961. The second-order valence-corrected chi connectivity index (χ2v) is 14.1. The van der Waals surface area contributed by atoms with Gasteiger partial charge in [0.1, 0.15) is 17.4 Å². The Morgan fingerprint density at radius 2 is 1.96 bits per heavy atom. The number of esters is 1. The van der Waals surface area contributed by atoms with Gasteiger partial charge in [-0.25, -0.2) is 18.2 Å². The van der Waals surface area contributed by atoms with E-state index in [0.29, 0.717) is 23.0 Å². The van der Waals surface area contributed by atoms with Crippen molar-refractivity contribution in [2.24, 2.45) is 0 Å². The average Bonchev–Trinajstić information content (AvgIpc) is 3.68. The topological polar surface area (TPSA) is 207 Å². The van der Waals surface area contributed by atoms with Crippen LogP contribution in [-0.2, 0) is 42.1 Å². The molecular formula is C29H36N8O8S2. The maximum absolute atomic E-state index is 13.9. The lowest BCUT2D eigenvalue weighted by Crippen LogP contribution is -2.57. The van der Waals surface area contributed by atoms with E-state index in [4.69, 9.17) is 10.1 Å². The molecule has 0 spiro atoms. The molecular weight excluding hydrogens is 653 g/mol. The van der Waals surface area contributed by atoms with Crippen LogP contribution in [0.4, 0.5) is 4.79 Å². The minimum atomic E-state index is -4.13. The Morgan fingerprint density at radius 3 is 2.70 bits per heavy atom. The third-order valence-corrected chi connectivity index (χ3v) is 10.7. The minimum Gasteiger partial charge on any atom is -0.465 e. The molecule has 252 valence electrons. The smallest absolute Gasteiger partial charge is 0.412 e. The maximum atomic E-state index is 13.9. The van der Waals surface area contributed by atoms with Crippen molar-refractivity contribution in [2.45, 2.75) is 37.4 Å². The minimum absolute atomic E-state index is 0.0127. The highest BCUT2D eigenvalue weighted by Crippen LogP contribution is 2.29. The summed E-state index contributed by atoms with van der Waals surface area (Å²) >= 11 is 1.31. The second-order valence-electron chi connectivity index (χ2n) is 11.1. The van der Waals surface area contributed by atoms with Crippen LogP contribution >= 0.6 is 11.3 Å². The SMILES string of the molecule is CCOC(=O)CNC(=O)CC1CN(S(=O)(=O)c2cc3cc(C(=N)NC(=O)OC)ccc3[nH]2)CCN1C(=O)c1nc2c(s1)CN(C)CC2. The number of H-pyrrole nitrogens is 1. The van der Waals surface area contributed by atoms with Gasteiger partial charge in [0.2, 0.25) is 5.91 Å². The fraction of sp³-hybridized carbons (Fsp3) is 0.448. The van der Waals surface area contributed by atoms with E-state index in [1.807, 2.05) is 7.05 Å². The van der Waals surface area contributed by atoms with Crippen molar-refractivity contribution in [2.75, 3.05) is 53.5 Å². The highest BCUT2D eigenvalue weighted by molar-refractivity contribution is 7.89. The molecule has 18 heteroatoms. The van der Waals surface area contributed by atoms with Crippen LogP contribution in [0.15, 0.2) is 29.3 Å². The van der Waals surface area contributed by atoms with E-state index in [9.17, 15) is 27.6 Å². The Bertz CT molecular complexity index is 1820. The Labute approximate surface area is 274 Å². The molecule has 2 aliphatic heterocycles. The van der Waals surface area contributed by atoms with Crippen molar-refractivity contribution < 1.29 is 37.1 Å². The van der Waals surface area contributed by atoms with Crippen LogP contribution in [0.2, 0.25) is 0 Å². The van der Waals surface area contributed by atoms with Gasteiger partial charge in [-0.05, 0) is 38.2 Å². The van der Waals surface area contributed by atoms with Gasteiger partial charge in [0.15, 0.2) is 5.01 Å². The van der Waals surface area contributed by atoms with Crippen LogP contribution < -0.4 is 10.6 Å². The van der Waals surface area contributed by atoms with Crippen molar-refractivity contribution in [1.82, 2.24) is 34.7 Å². The van der Waals surface area contributed by atoms with Crippen molar-refractivity contribution in [3.63, 3.8) is 0 Å². The molecule has 3 amide bonds. The number of carbonyl (C=O) groups is 4. The monoisotopic (exact) mass is 688 g/mol. The number of nitrogens with zero attached hydrogens (tertiary/aromatic N) is 4. The molecule has 1 atom stereocenters. The summed E-state index contributed by atoms with van der Waals surface area (Å²) in [5.41, 5.74) is 1.70. The van der Waals surface area contributed by atoms with Crippen molar-refractivity contribution in [3.05, 3.63) is 45.4 Å². The number of thiazole rings is 1. The predicted molar refractivity (Wildman–Crippen MR) is 171 cm³/mol. The predicted octanol–water partition coefficient (Wildman–Crippen LogP) is 0.878. The number of aromatic amines is 1. The summed E-state index contributed by atoms with van der Waals surface area (Å²) in [5, 5.41) is 13.5. The van der Waals surface area contributed by atoms with Gasteiger partial charge in [0.25, 0.3) is 15.9 Å². The number of ether oxygens (including phenoxy) is 2. The molecule has 4 N–H and O–H groups in total.